The number of thiazole rings is 1. The smallest absolute Gasteiger partial charge is 0.230 e. The van der Waals surface area contributed by atoms with Gasteiger partial charge < -0.3 is 14.5 Å². The molecular weight excluding hydrogens is 314 g/mol. The van der Waals surface area contributed by atoms with Crippen molar-refractivity contribution in [2.75, 3.05) is 12.4 Å². The largest absolute Gasteiger partial charge is 0.481 e. The number of aryl methyl sites for hydroxylation is 1. The molecule has 3 aromatic rings. The maximum absolute atomic E-state index is 12.1. The molecular formula is C16H15N3O3S. The number of nitrogens with one attached hydrogen (secondary N) is 1. The summed E-state index contributed by atoms with van der Waals surface area (Å²) in [5, 5.41) is 5.41. The van der Waals surface area contributed by atoms with Crippen molar-refractivity contribution in [3.8, 4) is 16.6 Å². The molecule has 0 aliphatic rings. The second kappa shape index (κ2) is 6.62. The number of hydrogen-bond donors (Lipinski definition) is 1. The van der Waals surface area contributed by atoms with Gasteiger partial charge in [0.25, 0.3) is 0 Å². The molecule has 6 nitrogen and oxygen atoms in total. The van der Waals surface area contributed by atoms with E-state index in [1.165, 1.54) is 11.3 Å². The molecule has 0 unspecified atom stereocenters. The highest BCUT2D eigenvalue weighted by Crippen LogP contribution is 2.25. The Bertz CT molecular complexity index is 808. The predicted octanol–water partition coefficient (Wildman–Crippen LogP) is 3.30. The summed E-state index contributed by atoms with van der Waals surface area (Å²) >= 11 is 1.46. The Morgan fingerprint density at radius 1 is 1.35 bits per heavy atom. The number of hydrogen-bond acceptors (Lipinski definition) is 6. The first-order chi connectivity index (χ1) is 11.1. The Hall–Kier alpha value is -2.67. The van der Waals surface area contributed by atoms with Crippen molar-refractivity contribution in [3.63, 3.8) is 0 Å². The van der Waals surface area contributed by atoms with Gasteiger partial charge in [-0.3, -0.25) is 4.79 Å². The van der Waals surface area contributed by atoms with Crippen LogP contribution in [0.4, 0.5) is 5.69 Å². The zero-order valence-corrected chi connectivity index (χ0v) is 13.5. The minimum atomic E-state index is -0.149. The molecule has 7 heteroatoms. The molecule has 23 heavy (non-hydrogen) atoms. The van der Waals surface area contributed by atoms with Crippen LogP contribution in [0.3, 0.4) is 0 Å². The summed E-state index contributed by atoms with van der Waals surface area (Å²) in [4.78, 5) is 20.5. The van der Waals surface area contributed by atoms with Crippen molar-refractivity contribution in [2.45, 2.75) is 13.3 Å². The second-order valence-corrected chi connectivity index (χ2v) is 5.73. The number of pyridine rings is 1. The highest BCUT2D eigenvalue weighted by Gasteiger charge is 2.11. The van der Waals surface area contributed by atoms with Gasteiger partial charge >= 0.3 is 0 Å². The van der Waals surface area contributed by atoms with Gasteiger partial charge in [0, 0.05) is 11.4 Å². The number of methoxy groups -OCH3 is 1. The first-order valence-corrected chi connectivity index (χ1v) is 7.83. The molecule has 0 aliphatic heterocycles. The first-order valence-electron chi connectivity index (χ1n) is 6.95. The number of aromatic nitrogens is 2. The molecule has 1 amide bonds. The zero-order chi connectivity index (χ0) is 16.2. The van der Waals surface area contributed by atoms with E-state index in [-0.39, 0.29) is 12.3 Å². The maximum atomic E-state index is 12.1. The van der Waals surface area contributed by atoms with Crippen LogP contribution in [-0.4, -0.2) is 23.0 Å². The molecule has 0 spiro atoms. The van der Waals surface area contributed by atoms with Crippen LogP contribution in [0.2, 0.25) is 0 Å². The van der Waals surface area contributed by atoms with Crippen molar-refractivity contribution in [3.05, 3.63) is 47.3 Å². The summed E-state index contributed by atoms with van der Waals surface area (Å²) in [6.07, 6.45) is 1.75. The van der Waals surface area contributed by atoms with Crippen molar-refractivity contribution in [1.82, 2.24) is 9.97 Å². The van der Waals surface area contributed by atoms with Crippen molar-refractivity contribution in [1.29, 1.82) is 0 Å². The molecule has 0 saturated carbocycles. The third-order valence-electron chi connectivity index (χ3n) is 3.07. The van der Waals surface area contributed by atoms with Crippen LogP contribution in [-0.2, 0) is 11.2 Å². The molecule has 3 rings (SSSR count). The van der Waals surface area contributed by atoms with Crippen LogP contribution in [0.1, 0.15) is 11.5 Å². The molecule has 0 aliphatic carbocycles. The van der Waals surface area contributed by atoms with Gasteiger partial charge in [0.15, 0.2) is 10.8 Å². The van der Waals surface area contributed by atoms with Crippen molar-refractivity contribution in [2.24, 2.45) is 0 Å². The summed E-state index contributed by atoms with van der Waals surface area (Å²) in [7, 11) is 1.54. The fourth-order valence-corrected chi connectivity index (χ4v) is 2.77. The standard InChI is InChI=1S/C16H15N3O3S/c1-10-3-5-13(22-10)16-19-12(9-23-16)7-14(20)18-11-4-6-15(21-2)17-8-11/h3-6,8-9H,7H2,1-2H3,(H,18,20). The molecule has 0 saturated heterocycles. The molecule has 118 valence electrons. The van der Waals surface area contributed by atoms with E-state index in [4.69, 9.17) is 9.15 Å². The van der Waals surface area contributed by atoms with Crippen molar-refractivity contribution < 1.29 is 13.9 Å². The van der Waals surface area contributed by atoms with Gasteiger partial charge in [-0.05, 0) is 25.1 Å². The van der Waals surface area contributed by atoms with E-state index in [9.17, 15) is 4.79 Å². The average molecular weight is 329 g/mol. The molecule has 0 aromatic carbocycles. The zero-order valence-electron chi connectivity index (χ0n) is 12.7. The van der Waals surface area contributed by atoms with Gasteiger partial charge in [-0.15, -0.1) is 11.3 Å². The number of carbonyl (C=O) groups is 1. The number of rotatable bonds is 5. The van der Waals surface area contributed by atoms with Gasteiger partial charge in [-0.2, -0.15) is 0 Å². The van der Waals surface area contributed by atoms with E-state index >= 15 is 0 Å². The number of ether oxygens (including phenoxy) is 1. The monoisotopic (exact) mass is 329 g/mol. The van der Waals surface area contributed by atoms with Crippen LogP contribution in [0.25, 0.3) is 10.8 Å². The normalized spacial score (nSPS) is 10.5. The summed E-state index contributed by atoms with van der Waals surface area (Å²) < 4.78 is 10.5. The lowest BCUT2D eigenvalue weighted by molar-refractivity contribution is -0.115. The van der Waals surface area contributed by atoms with E-state index in [2.05, 4.69) is 15.3 Å². The Balaban J connectivity index is 1.62. The highest BCUT2D eigenvalue weighted by molar-refractivity contribution is 7.13. The molecule has 0 bridgehead atoms. The van der Waals surface area contributed by atoms with E-state index in [0.717, 1.165) is 16.5 Å². The van der Waals surface area contributed by atoms with Crippen LogP contribution in [0.15, 0.2) is 40.3 Å². The Labute approximate surface area is 137 Å². The quantitative estimate of drug-likeness (QED) is 0.777. The number of amides is 1. The van der Waals surface area contributed by atoms with E-state index in [1.54, 1.807) is 25.4 Å². The predicted molar refractivity (Wildman–Crippen MR) is 87.7 cm³/mol. The summed E-state index contributed by atoms with van der Waals surface area (Å²) in [5.41, 5.74) is 1.32. The molecule has 0 fully saturated rings. The van der Waals surface area contributed by atoms with Crippen molar-refractivity contribution >= 4 is 22.9 Å². The minimum absolute atomic E-state index is 0.149. The number of carbonyl (C=O) groups excluding carboxylic acids is 1. The fourth-order valence-electron chi connectivity index (χ4n) is 2.00. The van der Waals surface area contributed by atoms with Crippen LogP contribution < -0.4 is 10.1 Å². The lowest BCUT2D eigenvalue weighted by atomic mass is 10.3. The Kier molecular flexibility index (Phi) is 4.38. The highest BCUT2D eigenvalue weighted by atomic mass is 32.1. The minimum Gasteiger partial charge on any atom is -0.481 e. The third-order valence-corrected chi connectivity index (χ3v) is 3.98. The Morgan fingerprint density at radius 3 is 2.87 bits per heavy atom. The summed E-state index contributed by atoms with van der Waals surface area (Å²) in [6.45, 7) is 1.88. The first kappa shape index (κ1) is 15.2. The van der Waals surface area contributed by atoms with E-state index in [1.807, 2.05) is 24.4 Å². The molecule has 0 atom stereocenters. The molecule has 1 N–H and O–H groups in total. The number of anilines is 1. The third kappa shape index (κ3) is 3.75. The fraction of sp³-hybridized carbons (Fsp3) is 0.188. The Morgan fingerprint density at radius 2 is 2.22 bits per heavy atom. The average Bonchev–Trinajstić information content (AvgIpc) is 3.17. The van der Waals surface area contributed by atoms with Gasteiger partial charge in [-0.1, -0.05) is 0 Å². The van der Waals surface area contributed by atoms with Gasteiger partial charge in [0.2, 0.25) is 11.8 Å². The molecule has 3 heterocycles. The lowest BCUT2D eigenvalue weighted by Crippen LogP contribution is -2.14. The van der Waals surface area contributed by atoms with Gasteiger partial charge in [0.1, 0.15) is 5.76 Å². The molecule has 3 aromatic heterocycles. The summed E-state index contributed by atoms with van der Waals surface area (Å²) in [5.74, 6) is 1.91. The van der Waals surface area contributed by atoms with E-state index in [0.29, 0.717) is 17.3 Å². The van der Waals surface area contributed by atoms with Gasteiger partial charge in [0.05, 0.1) is 31.1 Å². The van der Waals surface area contributed by atoms with Gasteiger partial charge in [-0.25, -0.2) is 9.97 Å². The second-order valence-electron chi connectivity index (χ2n) is 4.87. The SMILES string of the molecule is COc1ccc(NC(=O)Cc2csc(-c3ccc(C)o3)n2)cn1. The van der Waals surface area contributed by atoms with Crippen LogP contribution in [0.5, 0.6) is 5.88 Å². The summed E-state index contributed by atoms with van der Waals surface area (Å²) in [6, 6.07) is 7.19. The maximum Gasteiger partial charge on any atom is 0.230 e. The van der Waals surface area contributed by atoms with E-state index < -0.39 is 0 Å². The van der Waals surface area contributed by atoms with Crippen LogP contribution in [0, 0.1) is 6.92 Å². The number of furan rings is 1. The molecule has 0 radical (unpaired) electrons. The number of nitrogens with zero attached hydrogens (tertiary/aromatic N) is 2. The topological polar surface area (TPSA) is 77.2 Å². The van der Waals surface area contributed by atoms with Crippen LogP contribution >= 0.6 is 11.3 Å². The lowest BCUT2D eigenvalue weighted by Gasteiger charge is -2.04.